The lowest BCUT2D eigenvalue weighted by molar-refractivity contribution is -0.444. The van der Waals surface area contributed by atoms with E-state index in [0.717, 1.165) is 30.7 Å². The van der Waals surface area contributed by atoms with Crippen LogP contribution in [0.3, 0.4) is 0 Å². The van der Waals surface area contributed by atoms with Crippen molar-refractivity contribution < 1.29 is 66.9 Å². The second-order valence-electron chi connectivity index (χ2n) is 7.42. The monoisotopic (exact) mass is 526 g/mol. The number of benzene rings is 1. The maximum atomic E-state index is 14.3. The van der Waals surface area contributed by atoms with E-state index in [-0.39, 0.29) is 19.3 Å². The Labute approximate surface area is 184 Å². The van der Waals surface area contributed by atoms with Gasteiger partial charge < -0.3 is 9.84 Å². The van der Waals surface area contributed by atoms with Crippen LogP contribution in [0, 0.1) is 5.92 Å². The van der Waals surface area contributed by atoms with Crippen LogP contribution in [0.25, 0.3) is 0 Å². The van der Waals surface area contributed by atoms with Crippen LogP contribution in [-0.4, -0.2) is 47.5 Å². The maximum absolute atomic E-state index is 14.3. The van der Waals surface area contributed by atoms with Crippen molar-refractivity contribution in [3.63, 3.8) is 0 Å². The fraction of sp³-hybridized carbons (Fsp3) is 0.684. The van der Waals surface area contributed by atoms with Crippen LogP contribution in [0.4, 0.5) is 57.1 Å². The molecule has 1 aromatic rings. The third-order valence-corrected chi connectivity index (χ3v) is 4.99. The number of aliphatic hydroxyl groups excluding tert-OH is 1. The Morgan fingerprint density at radius 1 is 0.735 bits per heavy atom. The minimum atomic E-state index is -7.98. The summed E-state index contributed by atoms with van der Waals surface area (Å²) in [4.78, 5) is 0. The van der Waals surface area contributed by atoms with Gasteiger partial charge in [-0.1, -0.05) is 32.4 Å². The summed E-state index contributed by atoms with van der Waals surface area (Å²) in [7, 11) is 0. The van der Waals surface area contributed by atoms with Gasteiger partial charge in [0.25, 0.3) is 0 Å². The van der Waals surface area contributed by atoms with Crippen LogP contribution in [0.2, 0.25) is 0 Å². The number of aliphatic hydroxyl groups is 1. The van der Waals surface area contributed by atoms with Crippen molar-refractivity contribution >= 4 is 0 Å². The molecule has 0 aliphatic carbocycles. The van der Waals surface area contributed by atoms with Crippen molar-refractivity contribution in [2.75, 3.05) is 6.61 Å². The molecule has 2 atom stereocenters. The first kappa shape index (κ1) is 30.1. The summed E-state index contributed by atoms with van der Waals surface area (Å²) in [5.74, 6) is -40.7. The number of hydrogen-bond donors (Lipinski definition) is 1. The van der Waals surface area contributed by atoms with E-state index in [4.69, 9.17) is 4.74 Å². The van der Waals surface area contributed by atoms with E-state index in [1.165, 1.54) is 0 Å². The molecule has 0 radical (unpaired) electrons. The molecule has 0 aliphatic rings. The molecule has 0 bridgehead atoms. The van der Waals surface area contributed by atoms with Crippen LogP contribution < -0.4 is 4.74 Å². The van der Waals surface area contributed by atoms with Gasteiger partial charge in [-0.3, -0.25) is 0 Å². The first-order valence-corrected chi connectivity index (χ1v) is 9.47. The van der Waals surface area contributed by atoms with Crippen molar-refractivity contribution in [3.8, 4) is 5.75 Å². The largest absolute Gasteiger partial charge is 0.494 e. The lowest BCUT2D eigenvalue weighted by Crippen LogP contribution is -2.71. The molecule has 0 saturated carbocycles. The molecule has 0 heterocycles. The Kier molecular flexibility index (Phi) is 8.51. The van der Waals surface area contributed by atoms with E-state index >= 15 is 0 Å². The van der Waals surface area contributed by atoms with Gasteiger partial charge in [-0.15, -0.1) is 0 Å². The number of halogens is 13. The fourth-order valence-electron chi connectivity index (χ4n) is 2.65. The average Bonchev–Trinajstić information content (AvgIpc) is 2.71. The third kappa shape index (κ3) is 4.89. The summed E-state index contributed by atoms with van der Waals surface area (Å²) in [5.41, 5.74) is -0.610. The molecule has 2 nitrogen and oxygen atoms in total. The van der Waals surface area contributed by atoms with Gasteiger partial charge in [-0.25, -0.2) is 0 Å². The Morgan fingerprint density at radius 3 is 1.59 bits per heavy atom. The molecular weight excluding hydrogens is 507 g/mol. The van der Waals surface area contributed by atoms with Crippen molar-refractivity contribution in [1.82, 2.24) is 0 Å². The van der Waals surface area contributed by atoms with Crippen molar-refractivity contribution in [2.45, 2.75) is 68.6 Å². The summed E-state index contributed by atoms with van der Waals surface area (Å²) in [6, 6.07) is 3.84. The first-order chi connectivity index (χ1) is 15.1. The second kappa shape index (κ2) is 9.61. The van der Waals surface area contributed by atoms with E-state index in [2.05, 4.69) is 0 Å². The first-order valence-electron chi connectivity index (χ1n) is 9.47. The molecule has 0 saturated heterocycles. The Bertz CT molecular complexity index is 803. The molecule has 0 aromatic heterocycles. The van der Waals surface area contributed by atoms with E-state index < -0.39 is 53.4 Å². The zero-order chi connectivity index (χ0) is 27.0. The van der Waals surface area contributed by atoms with Crippen LogP contribution in [-0.2, 0) is 0 Å². The molecule has 0 spiro atoms. The van der Waals surface area contributed by atoms with Gasteiger partial charge in [0.15, 0.2) is 0 Å². The molecule has 1 rings (SSSR count). The van der Waals surface area contributed by atoms with Crippen molar-refractivity contribution in [2.24, 2.45) is 5.92 Å². The van der Waals surface area contributed by atoms with Gasteiger partial charge in [0.05, 0.1) is 18.6 Å². The number of unbranched alkanes of at least 4 members (excludes halogenated alkanes) is 1. The van der Waals surface area contributed by atoms with E-state index in [1.54, 1.807) is 0 Å². The van der Waals surface area contributed by atoms with Crippen LogP contribution >= 0.6 is 0 Å². The standard InChI is InChI=1S/C19H19F13O2/c1-3-4-9-34-12-7-5-11(6-8-12)13(33)10(2)14(20,21)15(22,23)16(24,25)17(26,27)18(28,29)19(30,31)32/h5-8,10,13,33H,3-4,9H2,1-2H3. The Hall–Kier alpha value is -1.93. The van der Waals surface area contributed by atoms with E-state index in [0.29, 0.717) is 6.42 Å². The van der Waals surface area contributed by atoms with Crippen LogP contribution in [0.1, 0.15) is 38.4 Å². The summed E-state index contributed by atoms with van der Waals surface area (Å²) in [5, 5.41) is 9.94. The van der Waals surface area contributed by atoms with Crippen molar-refractivity contribution in [3.05, 3.63) is 29.8 Å². The molecule has 0 amide bonds. The highest BCUT2D eigenvalue weighted by Crippen LogP contribution is 2.61. The van der Waals surface area contributed by atoms with E-state index in [9.17, 15) is 62.2 Å². The minimum absolute atomic E-state index is 0.000357. The molecule has 34 heavy (non-hydrogen) atoms. The van der Waals surface area contributed by atoms with Gasteiger partial charge in [-0.2, -0.15) is 57.1 Å². The molecular formula is C19H19F13O2. The highest BCUT2D eigenvalue weighted by Gasteiger charge is 2.91. The smallest absolute Gasteiger partial charge is 0.460 e. The maximum Gasteiger partial charge on any atom is 0.460 e. The van der Waals surface area contributed by atoms with E-state index in [1.807, 2.05) is 6.92 Å². The predicted octanol–water partition coefficient (Wildman–Crippen LogP) is 7.27. The number of alkyl halides is 13. The average molecular weight is 526 g/mol. The topological polar surface area (TPSA) is 29.5 Å². The summed E-state index contributed by atoms with van der Waals surface area (Å²) in [6.45, 7) is 2.06. The molecule has 1 N–H and O–H groups in total. The summed E-state index contributed by atoms with van der Waals surface area (Å²) < 4.78 is 178. The molecule has 0 aliphatic heterocycles. The highest BCUT2D eigenvalue weighted by atomic mass is 19.4. The van der Waals surface area contributed by atoms with Crippen LogP contribution in [0.5, 0.6) is 5.75 Å². The minimum Gasteiger partial charge on any atom is -0.494 e. The zero-order valence-electron chi connectivity index (χ0n) is 17.4. The van der Waals surface area contributed by atoms with Gasteiger partial charge in [0.2, 0.25) is 0 Å². The van der Waals surface area contributed by atoms with Crippen LogP contribution in [0.15, 0.2) is 24.3 Å². The lowest BCUT2D eigenvalue weighted by atomic mass is 9.83. The van der Waals surface area contributed by atoms with Gasteiger partial charge in [0, 0.05) is 0 Å². The SMILES string of the molecule is CCCCOc1ccc(C(O)C(C)C(F)(F)C(F)(F)C(F)(F)C(F)(F)C(F)(F)C(F)(F)F)cc1. The van der Waals surface area contributed by atoms with Gasteiger partial charge in [0.1, 0.15) is 5.75 Å². The molecule has 0 fully saturated rings. The number of hydrogen-bond acceptors (Lipinski definition) is 2. The fourth-order valence-corrected chi connectivity index (χ4v) is 2.65. The molecule has 2 unspecified atom stereocenters. The Balaban J connectivity index is 3.29. The molecule has 198 valence electrons. The quantitative estimate of drug-likeness (QED) is 0.243. The summed E-state index contributed by atoms with van der Waals surface area (Å²) >= 11 is 0. The van der Waals surface area contributed by atoms with Gasteiger partial charge >= 0.3 is 35.8 Å². The number of rotatable bonds is 11. The highest BCUT2D eigenvalue weighted by molar-refractivity contribution is 5.29. The zero-order valence-corrected chi connectivity index (χ0v) is 17.4. The Morgan fingerprint density at radius 2 is 1.18 bits per heavy atom. The molecule has 1 aromatic carbocycles. The normalized spacial score (nSPS) is 16.4. The lowest BCUT2D eigenvalue weighted by Gasteiger charge is -2.42. The third-order valence-electron chi connectivity index (χ3n) is 4.99. The molecule has 15 heteroatoms. The number of ether oxygens (including phenoxy) is 1. The van der Waals surface area contributed by atoms with Gasteiger partial charge in [-0.05, 0) is 24.1 Å². The predicted molar refractivity (Wildman–Crippen MR) is 91.8 cm³/mol. The second-order valence-corrected chi connectivity index (χ2v) is 7.42. The van der Waals surface area contributed by atoms with Crippen molar-refractivity contribution in [1.29, 1.82) is 0 Å². The summed E-state index contributed by atoms with van der Waals surface area (Å²) in [6.07, 6.45) is -8.86.